The number of allylic oxidation sites excluding steroid dienone is 3. The second-order valence-electron chi connectivity index (χ2n) is 18.1. The van der Waals surface area contributed by atoms with Gasteiger partial charge in [0.1, 0.15) is 19.0 Å². The normalized spacial score (nSPS) is 40.4. The Bertz CT molecular complexity index is 1480. The standard InChI is InChI=1S/C42H58O5/c1-28(2)24-35(44)47-27-39(6)32-16-19-41(8)33(38(32,5)18-17-34(39)43)15-14-30-31-25-37(3,4)20-22-42(31,23-21-40(30,41)7)36(45)46-26-29-12-10-9-11-13-29/h9-14,24,31-33H,15-23,25-27H2,1-8H3/t31-,32+,33+,38-,39-,40+,41+,42-/m0/s1. The molecule has 8 atom stereocenters. The first kappa shape index (κ1) is 34.2. The summed E-state index contributed by atoms with van der Waals surface area (Å²) in [4.78, 5) is 40.5. The van der Waals surface area contributed by atoms with Gasteiger partial charge in [0.2, 0.25) is 0 Å². The summed E-state index contributed by atoms with van der Waals surface area (Å²) >= 11 is 0. The molecule has 0 aromatic heterocycles. The third-order valence-electron chi connectivity index (χ3n) is 14.7. The number of hydrogen-bond acceptors (Lipinski definition) is 5. The van der Waals surface area contributed by atoms with E-state index in [4.69, 9.17) is 9.47 Å². The van der Waals surface area contributed by atoms with Gasteiger partial charge in [0.25, 0.3) is 0 Å². The predicted molar refractivity (Wildman–Crippen MR) is 185 cm³/mol. The van der Waals surface area contributed by atoms with Crippen molar-refractivity contribution in [1.29, 1.82) is 0 Å². The second kappa shape index (κ2) is 11.7. The first-order chi connectivity index (χ1) is 22.0. The Balaban J connectivity index is 1.32. The fourth-order valence-corrected chi connectivity index (χ4v) is 11.8. The smallest absolute Gasteiger partial charge is 0.330 e. The van der Waals surface area contributed by atoms with Crippen molar-refractivity contribution in [1.82, 2.24) is 0 Å². The van der Waals surface area contributed by atoms with Crippen molar-refractivity contribution < 1.29 is 23.9 Å². The van der Waals surface area contributed by atoms with Gasteiger partial charge < -0.3 is 9.47 Å². The number of esters is 2. The minimum Gasteiger partial charge on any atom is -0.461 e. The van der Waals surface area contributed by atoms with Gasteiger partial charge in [-0.3, -0.25) is 9.59 Å². The van der Waals surface area contributed by atoms with Crippen LogP contribution >= 0.6 is 0 Å². The lowest BCUT2D eigenvalue weighted by atomic mass is 9.33. The monoisotopic (exact) mass is 642 g/mol. The number of fused-ring (bicyclic) bond motifs is 7. The van der Waals surface area contributed by atoms with Crippen molar-refractivity contribution in [3.8, 4) is 0 Å². The molecule has 1 aromatic carbocycles. The van der Waals surface area contributed by atoms with E-state index >= 15 is 0 Å². The van der Waals surface area contributed by atoms with Crippen molar-refractivity contribution in [3.63, 3.8) is 0 Å². The van der Waals surface area contributed by atoms with Crippen LogP contribution in [0.3, 0.4) is 0 Å². The van der Waals surface area contributed by atoms with Crippen LogP contribution in [0.2, 0.25) is 0 Å². The van der Waals surface area contributed by atoms with Crippen molar-refractivity contribution in [2.24, 2.45) is 50.2 Å². The lowest BCUT2D eigenvalue weighted by Crippen LogP contribution is -2.65. The van der Waals surface area contributed by atoms with Crippen LogP contribution in [0.25, 0.3) is 0 Å². The molecule has 0 aliphatic heterocycles. The quantitative estimate of drug-likeness (QED) is 0.176. The molecule has 5 aliphatic carbocycles. The molecule has 0 unspecified atom stereocenters. The molecule has 6 rings (SSSR count). The number of benzene rings is 1. The highest BCUT2D eigenvalue weighted by molar-refractivity contribution is 5.87. The molecular formula is C42H58O5. The minimum absolute atomic E-state index is 0.00281. The van der Waals surface area contributed by atoms with Crippen LogP contribution in [0, 0.1) is 50.2 Å². The third-order valence-corrected chi connectivity index (χ3v) is 14.7. The molecule has 5 heteroatoms. The number of carbonyl (C=O) groups is 3. The van der Waals surface area contributed by atoms with Gasteiger partial charge in [-0.1, -0.05) is 82.2 Å². The molecule has 0 heterocycles. The lowest BCUT2D eigenvalue weighted by molar-refractivity contribution is -0.198. The highest BCUT2D eigenvalue weighted by atomic mass is 16.5. The Morgan fingerprint density at radius 3 is 2.28 bits per heavy atom. The van der Waals surface area contributed by atoms with E-state index in [1.165, 1.54) is 11.6 Å². The van der Waals surface area contributed by atoms with Gasteiger partial charge in [-0.25, -0.2) is 4.79 Å². The molecule has 47 heavy (non-hydrogen) atoms. The molecule has 0 radical (unpaired) electrons. The number of hydrogen-bond donors (Lipinski definition) is 0. The second-order valence-corrected chi connectivity index (χ2v) is 18.1. The van der Waals surface area contributed by atoms with Crippen molar-refractivity contribution >= 4 is 17.7 Å². The summed E-state index contributed by atoms with van der Waals surface area (Å²) in [5.41, 5.74) is 2.44. The number of rotatable bonds is 6. The van der Waals surface area contributed by atoms with Crippen LogP contribution in [0.15, 0.2) is 53.6 Å². The summed E-state index contributed by atoms with van der Waals surface area (Å²) in [5, 5.41) is 0. The van der Waals surface area contributed by atoms with Crippen LogP contribution in [0.5, 0.6) is 0 Å². The number of ether oxygens (including phenoxy) is 2. The van der Waals surface area contributed by atoms with Crippen LogP contribution in [-0.4, -0.2) is 24.3 Å². The zero-order valence-electron chi connectivity index (χ0n) is 30.3. The summed E-state index contributed by atoms with van der Waals surface area (Å²) < 4.78 is 12.0. The number of Topliss-reactive ketones (excluding diaryl/α,β-unsaturated/α-hetero) is 1. The van der Waals surface area contributed by atoms with Crippen molar-refractivity contribution in [2.75, 3.05) is 6.61 Å². The van der Waals surface area contributed by atoms with E-state index < -0.39 is 10.8 Å². The predicted octanol–water partition coefficient (Wildman–Crippen LogP) is 9.59. The van der Waals surface area contributed by atoms with Gasteiger partial charge in [-0.2, -0.15) is 0 Å². The first-order valence-electron chi connectivity index (χ1n) is 18.3. The highest BCUT2D eigenvalue weighted by Gasteiger charge is 2.70. The van der Waals surface area contributed by atoms with E-state index in [1.807, 2.05) is 44.2 Å². The molecule has 1 aromatic rings. The largest absolute Gasteiger partial charge is 0.461 e. The Morgan fingerprint density at radius 1 is 0.872 bits per heavy atom. The van der Waals surface area contributed by atoms with Gasteiger partial charge in [0.15, 0.2) is 0 Å². The fourth-order valence-electron chi connectivity index (χ4n) is 11.8. The summed E-state index contributed by atoms with van der Waals surface area (Å²) in [6.07, 6.45) is 13.3. The molecule has 0 bridgehead atoms. The van der Waals surface area contributed by atoms with E-state index in [2.05, 4.69) is 47.6 Å². The molecular weight excluding hydrogens is 584 g/mol. The zero-order valence-corrected chi connectivity index (χ0v) is 30.3. The van der Waals surface area contributed by atoms with Crippen LogP contribution in [0.1, 0.15) is 125 Å². The van der Waals surface area contributed by atoms with E-state index in [0.29, 0.717) is 18.9 Å². The minimum atomic E-state index is -0.679. The molecule has 5 nitrogen and oxygen atoms in total. The maximum atomic E-state index is 14.3. The van der Waals surface area contributed by atoms with Crippen molar-refractivity contribution in [2.45, 2.75) is 126 Å². The molecule has 0 spiro atoms. The molecule has 0 saturated heterocycles. The average molecular weight is 643 g/mol. The van der Waals surface area contributed by atoms with Gasteiger partial charge in [-0.15, -0.1) is 0 Å². The molecule has 0 N–H and O–H groups in total. The summed E-state index contributed by atoms with van der Waals surface area (Å²) in [7, 11) is 0. The lowest BCUT2D eigenvalue weighted by Gasteiger charge is -2.70. The molecule has 5 aliphatic rings. The van der Waals surface area contributed by atoms with Gasteiger partial charge >= 0.3 is 11.9 Å². The molecule has 0 amide bonds. The Morgan fingerprint density at radius 2 is 1.57 bits per heavy atom. The van der Waals surface area contributed by atoms with Gasteiger partial charge in [-0.05, 0) is 124 Å². The third kappa shape index (κ3) is 5.37. The fraction of sp³-hybridized carbons (Fsp3) is 0.690. The van der Waals surface area contributed by atoms with E-state index in [9.17, 15) is 14.4 Å². The van der Waals surface area contributed by atoms with Crippen molar-refractivity contribution in [3.05, 3.63) is 59.2 Å². The zero-order chi connectivity index (χ0) is 34.0. The van der Waals surface area contributed by atoms with E-state index in [0.717, 1.165) is 68.9 Å². The summed E-state index contributed by atoms with van der Waals surface area (Å²) in [6.45, 7) is 18.6. The van der Waals surface area contributed by atoms with Crippen LogP contribution in [0.4, 0.5) is 0 Å². The van der Waals surface area contributed by atoms with E-state index in [1.54, 1.807) is 0 Å². The maximum Gasteiger partial charge on any atom is 0.330 e. The Labute approximate surface area is 283 Å². The number of ketones is 1. The van der Waals surface area contributed by atoms with E-state index in [-0.39, 0.29) is 57.8 Å². The number of carbonyl (C=O) groups excluding carboxylic acids is 3. The van der Waals surface area contributed by atoms with Crippen LogP contribution in [-0.2, 0) is 30.5 Å². The van der Waals surface area contributed by atoms with Gasteiger partial charge in [0, 0.05) is 12.5 Å². The highest BCUT2D eigenvalue weighted by Crippen LogP contribution is 2.75. The molecule has 4 fully saturated rings. The molecule has 4 saturated carbocycles. The van der Waals surface area contributed by atoms with Crippen LogP contribution < -0.4 is 0 Å². The van der Waals surface area contributed by atoms with Gasteiger partial charge in [0.05, 0.1) is 10.8 Å². The Kier molecular flexibility index (Phi) is 8.53. The topological polar surface area (TPSA) is 69.7 Å². The SMILES string of the molecule is CC(C)=CC(=O)OC[C@]1(C)C(=O)CC[C@@]2(C)[C@H]1CC[C@]1(C)[C@@H]2CC=C2[C@@H]3CC(C)(C)CC[C@]3(C(=O)OCc3ccccc3)CC[C@]21C. The maximum absolute atomic E-state index is 14.3. The first-order valence-corrected chi connectivity index (χ1v) is 18.3. The molecule has 256 valence electrons. The summed E-state index contributed by atoms with van der Waals surface area (Å²) in [5.74, 6) is 0.649. The Hall–Kier alpha value is -2.69. The average Bonchev–Trinajstić information content (AvgIpc) is 3.01. The summed E-state index contributed by atoms with van der Waals surface area (Å²) in [6, 6.07) is 10.1.